The number of aliphatic imine (C=N–C) groups is 1. The minimum atomic E-state index is -2.53. The third-order valence-corrected chi connectivity index (χ3v) is 9.65. The van der Waals surface area contributed by atoms with Crippen LogP contribution in [0.3, 0.4) is 0 Å². The highest BCUT2D eigenvalue weighted by atomic mass is 16.7. The number of aliphatic hydroxyl groups is 4. The number of aliphatic hydroxyl groups excluding tert-OH is 3. The molecule has 3 aromatic rings. The van der Waals surface area contributed by atoms with Gasteiger partial charge in [0.15, 0.2) is 17.1 Å². The van der Waals surface area contributed by atoms with Crippen LogP contribution in [0, 0.1) is 13.3 Å². The summed E-state index contributed by atoms with van der Waals surface area (Å²) in [6, 6.07) is 11.8. The van der Waals surface area contributed by atoms with E-state index in [0.29, 0.717) is 16.5 Å². The molecule has 0 unspecified atom stereocenters. The number of benzene rings is 3. The highest BCUT2D eigenvalue weighted by Gasteiger charge is 2.56. The van der Waals surface area contributed by atoms with Crippen LogP contribution in [0.2, 0.25) is 0 Å². The Labute approximate surface area is 293 Å². The number of allylic oxidation sites excluding steroid dienone is 4. The van der Waals surface area contributed by atoms with Crippen LogP contribution in [0.5, 0.6) is 17.2 Å². The average Bonchev–Trinajstić information content (AvgIpc) is 3.68. The van der Waals surface area contributed by atoms with E-state index in [2.05, 4.69) is 4.99 Å². The molecule has 0 aromatic heterocycles. The van der Waals surface area contributed by atoms with Gasteiger partial charge in [-0.15, -0.1) is 0 Å². The van der Waals surface area contributed by atoms with Crippen molar-refractivity contribution in [3.63, 3.8) is 0 Å². The van der Waals surface area contributed by atoms with Crippen molar-refractivity contribution in [3.05, 3.63) is 106 Å². The molecule has 1 fully saturated rings. The van der Waals surface area contributed by atoms with Gasteiger partial charge in [-0.1, -0.05) is 24.3 Å². The van der Waals surface area contributed by atoms with Crippen LogP contribution in [0.15, 0.2) is 82.5 Å². The monoisotopic (exact) mass is 697 g/mol. The van der Waals surface area contributed by atoms with Crippen molar-refractivity contribution in [1.29, 1.82) is 0 Å². The molecule has 13 nitrogen and oxygen atoms in total. The predicted octanol–water partition coefficient (Wildman–Crippen LogP) is 2.31. The van der Waals surface area contributed by atoms with Crippen LogP contribution in [0.4, 0.5) is 0 Å². The first-order valence-corrected chi connectivity index (χ1v) is 16.4. The quantitative estimate of drug-likeness (QED) is 0.146. The summed E-state index contributed by atoms with van der Waals surface area (Å²) in [5.41, 5.74) is 1.67. The zero-order chi connectivity index (χ0) is 36.0. The molecule has 0 saturated carbocycles. The Morgan fingerprint density at radius 3 is 2.76 bits per heavy atom. The van der Waals surface area contributed by atoms with E-state index in [1.807, 2.05) is 36.8 Å². The Balaban J connectivity index is 1.17. The Bertz CT molecular complexity index is 2040. The van der Waals surface area contributed by atoms with Crippen molar-refractivity contribution in [2.75, 3.05) is 33.5 Å². The van der Waals surface area contributed by atoms with Gasteiger partial charge in [-0.05, 0) is 35.6 Å². The summed E-state index contributed by atoms with van der Waals surface area (Å²) in [5, 5.41) is 55.8. The number of aromatic hydroxyl groups is 1. The number of phenols is 1. The van der Waals surface area contributed by atoms with Crippen LogP contribution in [0.1, 0.15) is 31.8 Å². The van der Waals surface area contributed by atoms with Crippen LogP contribution in [0.25, 0.3) is 10.8 Å². The zero-order valence-corrected chi connectivity index (χ0v) is 27.9. The largest absolute Gasteiger partial charge is 0.506 e. The third-order valence-electron chi connectivity index (χ3n) is 9.65. The Morgan fingerprint density at radius 1 is 1.20 bits per heavy atom. The minimum absolute atomic E-state index is 0.0421. The lowest BCUT2D eigenvalue weighted by molar-refractivity contribution is -0.328. The number of ether oxygens (including phenoxy) is 4. The van der Waals surface area contributed by atoms with Crippen LogP contribution in [-0.2, 0) is 16.0 Å². The van der Waals surface area contributed by atoms with Gasteiger partial charge in [-0.3, -0.25) is 9.59 Å². The maximum absolute atomic E-state index is 13.7. The number of phenolic OH excluding ortho intramolecular Hbond substituents is 1. The SMILES string of the molecule is COc1cc(O[C@H]2O[C@H](COCC3=C4[CH+]C=CC=C4N=C3)[C@@H](O)[C@H](O)[C@]2(O)CO)c2c(O)c(C(=O)CN3Cc4ccccc4C3=O)c(C)cc2c1. The normalized spacial score (nSPS) is 25.2. The van der Waals surface area contributed by atoms with Crippen LogP contribution >= 0.6 is 0 Å². The second-order valence-electron chi connectivity index (χ2n) is 12.9. The summed E-state index contributed by atoms with van der Waals surface area (Å²) >= 11 is 0. The summed E-state index contributed by atoms with van der Waals surface area (Å²) in [6.07, 6.45) is 2.56. The lowest BCUT2D eigenvalue weighted by Gasteiger charge is -2.47. The molecule has 3 heterocycles. The number of rotatable bonds is 11. The standard InChI is InChI=1S/C38H36N2O11/c1-20-11-22-12-24(48-2)13-29(32(22)34(44)31(20)28(42)16-40-15-21-7-3-4-9-26(21)36(40)46)50-37-38(47,19-41)35(45)33(43)30(51-37)18-49-17-23-14-39-27-10-6-5-8-25(23)27/h3-14,30,33,35,37,41,43,45,47H,15-19H2,1-2H3/p+1/t30-,33-,35+,37+,38-/m1/s1. The predicted molar refractivity (Wildman–Crippen MR) is 184 cm³/mol. The minimum Gasteiger partial charge on any atom is -0.506 e. The molecule has 51 heavy (non-hydrogen) atoms. The molecule has 1 amide bonds. The second-order valence-corrected chi connectivity index (χ2v) is 12.9. The Morgan fingerprint density at radius 2 is 2.00 bits per heavy atom. The average molecular weight is 698 g/mol. The molecular formula is C38H37N2O11+. The molecule has 0 spiro atoms. The summed E-state index contributed by atoms with van der Waals surface area (Å²) in [7, 11) is 1.42. The maximum Gasteiger partial charge on any atom is 0.254 e. The van der Waals surface area contributed by atoms with Crippen molar-refractivity contribution in [3.8, 4) is 17.2 Å². The number of methoxy groups -OCH3 is 1. The van der Waals surface area contributed by atoms with Crippen molar-refractivity contribution in [2.24, 2.45) is 4.99 Å². The van der Waals surface area contributed by atoms with Gasteiger partial charge in [-0.2, -0.15) is 4.99 Å². The van der Waals surface area contributed by atoms with E-state index in [9.17, 15) is 35.1 Å². The van der Waals surface area contributed by atoms with Gasteiger partial charge >= 0.3 is 0 Å². The van der Waals surface area contributed by atoms with Gasteiger partial charge in [0.25, 0.3) is 5.91 Å². The topological polar surface area (TPSA) is 188 Å². The molecule has 5 N–H and O–H groups in total. The molecule has 13 heteroatoms. The van der Waals surface area contributed by atoms with E-state index in [-0.39, 0.29) is 54.7 Å². The molecule has 0 bridgehead atoms. The summed E-state index contributed by atoms with van der Waals surface area (Å²) in [4.78, 5) is 32.5. The molecular weight excluding hydrogens is 660 g/mol. The van der Waals surface area contributed by atoms with Gasteiger partial charge in [0.2, 0.25) is 6.29 Å². The summed E-state index contributed by atoms with van der Waals surface area (Å²) in [6.45, 7) is 0.407. The molecule has 1 aliphatic carbocycles. The number of amides is 1. The highest BCUT2D eigenvalue weighted by Crippen LogP contribution is 2.43. The molecule has 4 aliphatic rings. The zero-order valence-electron chi connectivity index (χ0n) is 27.9. The van der Waals surface area contributed by atoms with Gasteiger partial charge in [0.1, 0.15) is 47.7 Å². The fraction of sp³-hybridized carbons (Fsp3) is 0.316. The molecule has 3 aromatic carbocycles. The first kappa shape index (κ1) is 34.4. The first-order valence-electron chi connectivity index (χ1n) is 16.4. The van der Waals surface area contributed by atoms with E-state index in [1.54, 1.807) is 37.4 Å². The number of ketones is 1. The number of hydrogen-bond acceptors (Lipinski definition) is 12. The van der Waals surface area contributed by atoms with E-state index >= 15 is 0 Å². The first-order chi connectivity index (χ1) is 24.5. The molecule has 3 aliphatic heterocycles. The lowest BCUT2D eigenvalue weighted by Crippen LogP contribution is -2.69. The van der Waals surface area contributed by atoms with Gasteiger partial charge in [-0.25, -0.2) is 0 Å². The Kier molecular flexibility index (Phi) is 9.18. The van der Waals surface area contributed by atoms with Crippen molar-refractivity contribution in [2.45, 2.75) is 43.7 Å². The molecule has 1 saturated heterocycles. The summed E-state index contributed by atoms with van der Waals surface area (Å²) in [5.74, 6) is -1.08. The van der Waals surface area contributed by atoms with E-state index in [1.165, 1.54) is 18.1 Å². The van der Waals surface area contributed by atoms with Gasteiger partial charge in [0, 0.05) is 42.8 Å². The number of carbonyl (C=O) groups is 2. The Hall–Kier alpha value is -5.02. The number of aryl methyl sites for hydroxylation is 1. The number of hydrogen-bond donors (Lipinski definition) is 5. The second kappa shape index (κ2) is 13.6. The molecule has 5 atom stereocenters. The van der Waals surface area contributed by atoms with E-state index in [0.717, 1.165) is 22.4 Å². The molecule has 0 radical (unpaired) electrons. The fourth-order valence-electron chi connectivity index (χ4n) is 6.87. The number of carbonyl (C=O) groups excluding carboxylic acids is 2. The van der Waals surface area contributed by atoms with E-state index in [4.69, 9.17) is 18.9 Å². The third kappa shape index (κ3) is 6.07. The number of fused-ring (bicyclic) bond motifs is 3. The number of Topliss-reactive ketones (excluding diaryl/α,β-unsaturated/α-hetero) is 1. The maximum atomic E-state index is 13.7. The van der Waals surface area contributed by atoms with E-state index < -0.39 is 48.3 Å². The fourth-order valence-corrected chi connectivity index (χ4v) is 6.87. The van der Waals surface area contributed by atoms with Gasteiger partial charge in [0.05, 0.1) is 49.6 Å². The van der Waals surface area contributed by atoms with Crippen molar-refractivity contribution >= 4 is 28.7 Å². The molecule has 7 rings (SSSR count). The smallest absolute Gasteiger partial charge is 0.254 e. The lowest BCUT2D eigenvalue weighted by atomic mass is 9.87. The number of nitrogens with zero attached hydrogens (tertiary/aromatic N) is 2. The molecule has 264 valence electrons. The summed E-state index contributed by atoms with van der Waals surface area (Å²) < 4.78 is 23.4. The van der Waals surface area contributed by atoms with Crippen molar-refractivity contribution < 1.29 is 54.1 Å². The van der Waals surface area contributed by atoms with Crippen LogP contribution < -0.4 is 9.47 Å². The van der Waals surface area contributed by atoms with Crippen LogP contribution in [-0.4, -0.2) is 112 Å². The highest BCUT2D eigenvalue weighted by molar-refractivity contribution is 6.10. The van der Waals surface area contributed by atoms with Gasteiger partial charge < -0.3 is 49.4 Å². The van der Waals surface area contributed by atoms with Crippen molar-refractivity contribution in [1.82, 2.24) is 4.90 Å².